The van der Waals surface area contributed by atoms with E-state index >= 15 is 0 Å². The summed E-state index contributed by atoms with van der Waals surface area (Å²) < 4.78 is 19.9. The first-order chi connectivity index (χ1) is 13.6. The predicted octanol–water partition coefficient (Wildman–Crippen LogP) is 4.53. The minimum Gasteiger partial charge on any atom is -0.490 e. The topological polar surface area (TPSA) is 69.4 Å². The lowest BCUT2D eigenvalue weighted by Gasteiger charge is -2.19. The zero-order valence-corrected chi connectivity index (χ0v) is 18.9. The lowest BCUT2D eigenvalue weighted by atomic mass is 10.1. The SMILES string of the molecule is CN=C(NCc1ccc(C#N)cc1)NC(C)c1ccc(OCC2CC2)c(F)c1.I. The van der Waals surface area contributed by atoms with Crippen molar-refractivity contribution in [2.24, 2.45) is 10.9 Å². The number of ether oxygens (including phenoxy) is 1. The molecular formula is C22H26FIN4O. The molecule has 1 saturated carbocycles. The number of benzene rings is 2. The Bertz CT molecular complexity index is 875. The fourth-order valence-electron chi connectivity index (χ4n) is 2.76. The van der Waals surface area contributed by atoms with Crippen molar-refractivity contribution in [3.63, 3.8) is 0 Å². The van der Waals surface area contributed by atoms with Crippen LogP contribution in [0.1, 0.15) is 42.5 Å². The summed E-state index contributed by atoms with van der Waals surface area (Å²) in [6.07, 6.45) is 2.35. The maximum absolute atomic E-state index is 14.3. The third-order valence-corrected chi connectivity index (χ3v) is 4.75. The van der Waals surface area contributed by atoms with E-state index < -0.39 is 0 Å². The molecule has 3 rings (SSSR count). The van der Waals surface area contributed by atoms with Gasteiger partial charge < -0.3 is 15.4 Å². The highest BCUT2D eigenvalue weighted by molar-refractivity contribution is 14.0. The van der Waals surface area contributed by atoms with E-state index in [2.05, 4.69) is 21.7 Å². The van der Waals surface area contributed by atoms with Crippen molar-refractivity contribution in [3.8, 4) is 11.8 Å². The largest absolute Gasteiger partial charge is 0.490 e. The Balaban J connectivity index is 0.00000300. The number of nitriles is 1. The van der Waals surface area contributed by atoms with E-state index in [4.69, 9.17) is 10.00 Å². The molecule has 1 aliphatic carbocycles. The van der Waals surface area contributed by atoms with Gasteiger partial charge in [-0.25, -0.2) is 4.39 Å². The molecular weight excluding hydrogens is 482 g/mol. The molecule has 2 N–H and O–H groups in total. The maximum Gasteiger partial charge on any atom is 0.191 e. The van der Waals surface area contributed by atoms with Gasteiger partial charge in [0.15, 0.2) is 17.5 Å². The Kier molecular flexibility index (Phi) is 8.70. The summed E-state index contributed by atoms with van der Waals surface area (Å²) in [6, 6.07) is 14.4. The molecule has 7 heteroatoms. The molecule has 0 heterocycles. The average Bonchev–Trinajstić information content (AvgIpc) is 3.54. The molecule has 0 aliphatic heterocycles. The molecule has 1 fully saturated rings. The number of hydrogen-bond donors (Lipinski definition) is 2. The molecule has 5 nitrogen and oxygen atoms in total. The predicted molar refractivity (Wildman–Crippen MR) is 123 cm³/mol. The molecule has 1 aliphatic rings. The van der Waals surface area contributed by atoms with Gasteiger partial charge in [0.25, 0.3) is 0 Å². The molecule has 0 amide bonds. The minimum atomic E-state index is -0.340. The van der Waals surface area contributed by atoms with E-state index in [1.165, 1.54) is 18.9 Å². The van der Waals surface area contributed by atoms with Gasteiger partial charge in [0.05, 0.1) is 24.3 Å². The fourth-order valence-corrected chi connectivity index (χ4v) is 2.76. The molecule has 29 heavy (non-hydrogen) atoms. The summed E-state index contributed by atoms with van der Waals surface area (Å²) in [4.78, 5) is 4.22. The number of nitrogens with one attached hydrogen (secondary N) is 2. The Hall–Kier alpha value is -2.34. The van der Waals surface area contributed by atoms with Gasteiger partial charge in [-0.05, 0) is 61.1 Å². The van der Waals surface area contributed by atoms with Crippen LogP contribution in [0, 0.1) is 23.1 Å². The average molecular weight is 508 g/mol. The molecule has 1 atom stereocenters. The summed E-state index contributed by atoms with van der Waals surface area (Å²) in [5.74, 6) is 1.18. The van der Waals surface area contributed by atoms with Crippen molar-refractivity contribution in [2.75, 3.05) is 13.7 Å². The van der Waals surface area contributed by atoms with Gasteiger partial charge in [-0.2, -0.15) is 5.26 Å². The van der Waals surface area contributed by atoms with Crippen LogP contribution in [0.5, 0.6) is 5.75 Å². The summed E-state index contributed by atoms with van der Waals surface area (Å²) in [5.41, 5.74) is 2.49. The van der Waals surface area contributed by atoms with Crippen LogP contribution in [0.15, 0.2) is 47.5 Å². The van der Waals surface area contributed by atoms with Crippen molar-refractivity contribution < 1.29 is 9.13 Å². The first kappa shape index (κ1) is 22.9. The number of aliphatic imine (C=N–C) groups is 1. The van der Waals surface area contributed by atoms with Crippen LogP contribution in [0.4, 0.5) is 4.39 Å². The van der Waals surface area contributed by atoms with Crippen molar-refractivity contribution >= 4 is 29.9 Å². The van der Waals surface area contributed by atoms with Crippen LogP contribution in [-0.4, -0.2) is 19.6 Å². The van der Waals surface area contributed by atoms with Crippen molar-refractivity contribution in [3.05, 3.63) is 65.0 Å². The molecule has 0 radical (unpaired) electrons. The molecule has 0 spiro atoms. The van der Waals surface area contributed by atoms with Crippen LogP contribution >= 0.6 is 24.0 Å². The van der Waals surface area contributed by atoms with Crippen LogP contribution in [0.2, 0.25) is 0 Å². The zero-order chi connectivity index (χ0) is 19.9. The highest BCUT2D eigenvalue weighted by Crippen LogP contribution is 2.30. The van der Waals surface area contributed by atoms with Crippen LogP contribution in [0.3, 0.4) is 0 Å². The Morgan fingerprint density at radius 2 is 2.00 bits per heavy atom. The van der Waals surface area contributed by atoms with Gasteiger partial charge in [-0.3, -0.25) is 4.99 Å². The first-order valence-corrected chi connectivity index (χ1v) is 9.47. The molecule has 0 bridgehead atoms. The summed E-state index contributed by atoms with van der Waals surface area (Å²) >= 11 is 0. The van der Waals surface area contributed by atoms with E-state index in [-0.39, 0.29) is 35.8 Å². The molecule has 2 aromatic carbocycles. The van der Waals surface area contributed by atoms with Crippen molar-refractivity contribution in [1.82, 2.24) is 10.6 Å². The molecule has 1 unspecified atom stereocenters. The summed E-state index contributed by atoms with van der Waals surface area (Å²) in [7, 11) is 1.69. The number of nitrogens with zero attached hydrogens (tertiary/aromatic N) is 2. The second-order valence-corrected chi connectivity index (χ2v) is 7.04. The molecule has 0 aromatic heterocycles. The van der Waals surface area contributed by atoms with E-state index in [0.717, 1.165) is 11.1 Å². The number of rotatable bonds is 7. The third kappa shape index (κ3) is 6.89. The van der Waals surface area contributed by atoms with Gasteiger partial charge in [0.2, 0.25) is 0 Å². The highest BCUT2D eigenvalue weighted by Gasteiger charge is 2.22. The Labute approximate surface area is 188 Å². The molecule has 0 saturated heterocycles. The quantitative estimate of drug-likeness (QED) is 0.328. The normalized spacial score (nSPS) is 14.3. The fraction of sp³-hybridized carbons (Fsp3) is 0.364. The number of guanidine groups is 1. The lowest BCUT2D eigenvalue weighted by molar-refractivity contribution is 0.285. The van der Waals surface area contributed by atoms with Gasteiger partial charge in [0.1, 0.15) is 0 Å². The highest BCUT2D eigenvalue weighted by atomic mass is 127. The molecule has 154 valence electrons. The van der Waals surface area contributed by atoms with Gasteiger partial charge in [0, 0.05) is 13.6 Å². The van der Waals surface area contributed by atoms with Crippen LogP contribution < -0.4 is 15.4 Å². The monoisotopic (exact) mass is 508 g/mol. The van der Waals surface area contributed by atoms with Gasteiger partial charge >= 0.3 is 0 Å². The van der Waals surface area contributed by atoms with E-state index in [1.807, 2.05) is 25.1 Å². The summed E-state index contributed by atoms with van der Waals surface area (Å²) in [6.45, 7) is 3.12. The Morgan fingerprint density at radius 1 is 1.28 bits per heavy atom. The second-order valence-electron chi connectivity index (χ2n) is 7.04. The third-order valence-electron chi connectivity index (χ3n) is 4.75. The zero-order valence-electron chi connectivity index (χ0n) is 16.6. The van der Waals surface area contributed by atoms with Gasteiger partial charge in [-0.15, -0.1) is 24.0 Å². The van der Waals surface area contributed by atoms with Crippen LogP contribution in [-0.2, 0) is 6.54 Å². The van der Waals surface area contributed by atoms with Crippen molar-refractivity contribution in [2.45, 2.75) is 32.4 Å². The van der Waals surface area contributed by atoms with Gasteiger partial charge in [-0.1, -0.05) is 18.2 Å². The second kappa shape index (κ2) is 11.0. The van der Waals surface area contributed by atoms with E-state index in [1.54, 1.807) is 25.2 Å². The van der Waals surface area contributed by atoms with Crippen LogP contribution in [0.25, 0.3) is 0 Å². The Morgan fingerprint density at radius 3 is 2.59 bits per heavy atom. The maximum atomic E-state index is 14.3. The minimum absolute atomic E-state index is 0. The standard InChI is InChI=1S/C22H25FN4O.HI/c1-15(19-9-10-21(20(23)11-19)28-14-18-7-8-18)27-22(25-2)26-13-17-5-3-16(12-24)4-6-17;/h3-6,9-11,15,18H,7-8,13-14H2,1-2H3,(H2,25,26,27);1H. The first-order valence-electron chi connectivity index (χ1n) is 9.47. The summed E-state index contributed by atoms with van der Waals surface area (Å²) in [5, 5.41) is 15.3. The lowest BCUT2D eigenvalue weighted by Crippen LogP contribution is -2.38. The van der Waals surface area contributed by atoms with E-state index in [0.29, 0.717) is 36.3 Å². The number of halogens is 2. The van der Waals surface area contributed by atoms with Crippen molar-refractivity contribution in [1.29, 1.82) is 5.26 Å². The van der Waals surface area contributed by atoms with E-state index in [9.17, 15) is 4.39 Å². The number of hydrogen-bond acceptors (Lipinski definition) is 3. The smallest absolute Gasteiger partial charge is 0.191 e. The molecule has 2 aromatic rings.